The second-order valence-corrected chi connectivity index (χ2v) is 10.4. The third-order valence-electron chi connectivity index (χ3n) is 8.02. The van der Waals surface area contributed by atoms with Crippen molar-refractivity contribution in [3.05, 3.63) is 137 Å². The highest BCUT2D eigenvalue weighted by Gasteiger charge is 2.20. The lowest BCUT2D eigenvalue weighted by Crippen LogP contribution is -2.21. The Hall–Kier alpha value is -4.37. The maximum absolute atomic E-state index is 5.04. The number of nitrogens with zero attached hydrogens (tertiary/aromatic N) is 3. The Morgan fingerprint density at radius 3 is 1.54 bits per heavy atom. The van der Waals surface area contributed by atoms with E-state index in [0.717, 1.165) is 43.1 Å². The molecule has 4 aromatic rings. The predicted molar refractivity (Wildman–Crippen MR) is 179 cm³/mol. The highest BCUT2D eigenvalue weighted by molar-refractivity contribution is 6.19. The summed E-state index contributed by atoms with van der Waals surface area (Å²) < 4.78 is 0. The zero-order chi connectivity index (χ0) is 28.8. The van der Waals surface area contributed by atoms with Crippen molar-refractivity contribution in [3.8, 4) is 0 Å². The average Bonchev–Trinajstić information content (AvgIpc) is 3.02. The molecular weight excluding hydrogens is 498 g/mol. The molecule has 3 heteroatoms. The van der Waals surface area contributed by atoms with Gasteiger partial charge in [-0.25, -0.2) is 4.99 Å². The number of hydrogen-bond acceptors (Lipinski definition) is 3. The summed E-state index contributed by atoms with van der Waals surface area (Å²) in [6.07, 6.45) is 4.42. The highest BCUT2D eigenvalue weighted by Crippen LogP contribution is 2.38. The number of benzene rings is 4. The summed E-state index contributed by atoms with van der Waals surface area (Å²) in [6, 6.07) is 35.2. The van der Waals surface area contributed by atoms with Crippen LogP contribution in [0.3, 0.4) is 0 Å². The minimum Gasteiger partial charge on any atom is -0.372 e. The number of rotatable bonds is 9. The number of aliphatic imine (C=N–C) groups is 1. The van der Waals surface area contributed by atoms with E-state index in [2.05, 4.69) is 154 Å². The summed E-state index contributed by atoms with van der Waals surface area (Å²) in [5.74, 6) is 0. The molecule has 0 aromatic heterocycles. The van der Waals surface area contributed by atoms with Crippen molar-refractivity contribution >= 4 is 33.9 Å². The minimum absolute atomic E-state index is 0.969. The molecule has 0 saturated carbocycles. The van der Waals surface area contributed by atoms with Crippen LogP contribution >= 0.6 is 0 Å². The summed E-state index contributed by atoms with van der Waals surface area (Å²) in [6.45, 7) is 14.9. The van der Waals surface area contributed by atoms with Gasteiger partial charge in [0.2, 0.25) is 0 Å². The molecule has 0 atom stereocenters. The van der Waals surface area contributed by atoms with Gasteiger partial charge in [0.15, 0.2) is 0 Å². The molecule has 0 saturated heterocycles. The molecule has 0 radical (unpaired) electrons. The molecule has 4 aromatic carbocycles. The molecule has 0 bridgehead atoms. The lowest BCUT2D eigenvalue weighted by molar-refractivity contribution is 0.866. The Labute approximate surface area is 246 Å². The number of hydrogen-bond donors (Lipinski definition) is 0. The molecule has 0 fully saturated rings. The Kier molecular flexibility index (Phi) is 8.84. The lowest BCUT2D eigenvalue weighted by atomic mass is 9.83. The fourth-order valence-electron chi connectivity index (χ4n) is 5.69. The largest absolute Gasteiger partial charge is 0.372 e. The van der Waals surface area contributed by atoms with Crippen LogP contribution in [0, 0.1) is 6.92 Å². The lowest BCUT2D eigenvalue weighted by Gasteiger charge is -2.24. The van der Waals surface area contributed by atoms with E-state index in [1.807, 2.05) is 0 Å². The summed E-state index contributed by atoms with van der Waals surface area (Å²) >= 11 is 0. The van der Waals surface area contributed by atoms with E-state index >= 15 is 0 Å². The maximum atomic E-state index is 5.04. The van der Waals surface area contributed by atoms with Gasteiger partial charge in [-0.15, -0.1) is 0 Å². The number of aryl methyl sites for hydroxylation is 1. The monoisotopic (exact) mass is 539 g/mol. The van der Waals surface area contributed by atoms with Gasteiger partial charge in [0.1, 0.15) is 0 Å². The Bertz CT molecular complexity index is 1490. The number of allylic oxidation sites excluding steroid dienone is 3. The van der Waals surface area contributed by atoms with Gasteiger partial charge in [-0.1, -0.05) is 72.3 Å². The van der Waals surface area contributed by atoms with Crippen LogP contribution < -0.4 is 9.80 Å². The standard InChI is InChI=1S/C38H41N3/c1-6-40(7-2)32-22-16-29(17-23-32)38(30-18-24-33(25-19-30)41(8-3)9-4)36-26-27-37(35-13-11-10-12-34(35)36)39-31-20-14-28(5)15-21-31/h10-27H,6-9H2,1-5H3. The Morgan fingerprint density at radius 2 is 1.05 bits per heavy atom. The molecule has 0 heterocycles. The Morgan fingerprint density at radius 1 is 0.561 bits per heavy atom. The third kappa shape index (κ3) is 6.05. The smallest absolute Gasteiger partial charge is 0.0715 e. The van der Waals surface area contributed by atoms with Crippen molar-refractivity contribution in [1.29, 1.82) is 0 Å². The van der Waals surface area contributed by atoms with Crippen molar-refractivity contribution < 1.29 is 0 Å². The second kappa shape index (κ2) is 12.9. The first-order chi connectivity index (χ1) is 20.1. The second-order valence-electron chi connectivity index (χ2n) is 10.4. The molecular formula is C38H41N3. The first kappa shape index (κ1) is 28.2. The van der Waals surface area contributed by atoms with Gasteiger partial charge in [0.25, 0.3) is 0 Å². The van der Waals surface area contributed by atoms with Crippen molar-refractivity contribution in [2.45, 2.75) is 34.6 Å². The topological polar surface area (TPSA) is 18.8 Å². The molecule has 0 N–H and O–H groups in total. The van der Waals surface area contributed by atoms with Gasteiger partial charge < -0.3 is 9.80 Å². The normalized spacial score (nSPS) is 13.3. The van der Waals surface area contributed by atoms with Crippen molar-refractivity contribution in [3.63, 3.8) is 0 Å². The third-order valence-corrected chi connectivity index (χ3v) is 8.02. The van der Waals surface area contributed by atoms with Gasteiger partial charge in [0.05, 0.1) is 11.4 Å². The highest BCUT2D eigenvalue weighted by atomic mass is 15.1. The minimum atomic E-state index is 0.969. The van der Waals surface area contributed by atoms with Crippen LogP contribution in [0.2, 0.25) is 0 Å². The van der Waals surface area contributed by atoms with Crippen LogP contribution in [0.5, 0.6) is 0 Å². The van der Waals surface area contributed by atoms with Crippen molar-refractivity contribution in [2.24, 2.45) is 4.99 Å². The summed E-state index contributed by atoms with van der Waals surface area (Å²) in [5.41, 5.74) is 12.9. The van der Waals surface area contributed by atoms with E-state index in [1.54, 1.807) is 0 Å². The predicted octanol–water partition coefficient (Wildman–Crippen LogP) is 9.34. The fraction of sp³-hybridized carbons (Fsp3) is 0.237. The maximum Gasteiger partial charge on any atom is 0.0715 e. The van der Waals surface area contributed by atoms with Crippen LogP contribution in [0.25, 0.3) is 11.1 Å². The zero-order valence-electron chi connectivity index (χ0n) is 25.1. The van der Waals surface area contributed by atoms with Gasteiger partial charge in [0, 0.05) is 43.1 Å². The van der Waals surface area contributed by atoms with E-state index in [9.17, 15) is 0 Å². The van der Waals surface area contributed by atoms with Gasteiger partial charge in [-0.3, -0.25) is 0 Å². The fourth-order valence-corrected chi connectivity index (χ4v) is 5.69. The molecule has 208 valence electrons. The molecule has 0 amide bonds. The Balaban J connectivity index is 1.67. The van der Waals surface area contributed by atoms with Crippen LogP contribution in [-0.4, -0.2) is 31.9 Å². The van der Waals surface area contributed by atoms with E-state index in [1.165, 1.54) is 44.8 Å². The molecule has 1 aliphatic rings. The number of anilines is 2. The van der Waals surface area contributed by atoms with Gasteiger partial charge in [-0.05, 0) is 105 Å². The van der Waals surface area contributed by atoms with Crippen LogP contribution in [0.15, 0.2) is 114 Å². The quantitative estimate of drug-likeness (QED) is 0.211. The SMILES string of the molecule is CCN(CC)c1ccc(C(=C2C=CC(=Nc3ccc(C)cc3)c3ccccc32)c2ccc(N(CC)CC)cc2)cc1. The first-order valence-corrected chi connectivity index (χ1v) is 14.9. The van der Waals surface area contributed by atoms with Gasteiger partial charge >= 0.3 is 0 Å². The number of fused-ring (bicyclic) bond motifs is 1. The summed E-state index contributed by atoms with van der Waals surface area (Å²) in [5, 5.41) is 0. The summed E-state index contributed by atoms with van der Waals surface area (Å²) in [7, 11) is 0. The van der Waals surface area contributed by atoms with Gasteiger partial charge in [-0.2, -0.15) is 0 Å². The van der Waals surface area contributed by atoms with Crippen LogP contribution in [0.4, 0.5) is 17.1 Å². The van der Waals surface area contributed by atoms with Crippen LogP contribution in [0.1, 0.15) is 55.5 Å². The molecule has 0 spiro atoms. The zero-order valence-corrected chi connectivity index (χ0v) is 25.1. The molecule has 1 aliphatic carbocycles. The molecule has 41 heavy (non-hydrogen) atoms. The molecule has 0 unspecified atom stereocenters. The van der Waals surface area contributed by atoms with E-state index in [4.69, 9.17) is 4.99 Å². The van der Waals surface area contributed by atoms with Crippen LogP contribution in [-0.2, 0) is 0 Å². The van der Waals surface area contributed by atoms with E-state index < -0.39 is 0 Å². The molecule has 3 nitrogen and oxygen atoms in total. The van der Waals surface area contributed by atoms with Crippen molar-refractivity contribution in [1.82, 2.24) is 0 Å². The van der Waals surface area contributed by atoms with E-state index in [-0.39, 0.29) is 0 Å². The first-order valence-electron chi connectivity index (χ1n) is 14.9. The molecule has 0 aliphatic heterocycles. The average molecular weight is 540 g/mol. The van der Waals surface area contributed by atoms with E-state index in [0.29, 0.717) is 0 Å². The molecule has 5 rings (SSSR count). The summed E-state index contributed by atoms with van der Waals surface area (Å²) in [4.78, 5) is 9.81. The van der Waals surface area contributed by atoms with Crippen molar-refractivity contribution in [2.75, 3.05) is 36.0 Å².